The highest BCUT2D eigenvalue weighted by Gasteiger charge is 2.33. The second-order valence-corrected chi connectivity index (χ2v) is 7.11. The van der Waals surface area contributed by atoms with E-state index in [-0.39, 0.29) is 24.4 Å². The van der Waals surface area contributed by atoms with Gasteiger partial charge >= 0.3 is 5.97 Å². The summed E-state index contributed by atoms with van der Waals surface area (Å²) in [5, 5.41) is 0. The maximum absolute atomic E-state index is 12.1. The van der Waals surface area contributed by atoms with Crippen molar-refractivity contribution in [3.63, 3.8) is 0 Å². The fourth-order valence-corrected chi connectivity index (χ4v) is 4.28. The van der Waals surface area contributed by atoms with Crippen LogP contribution < -0.4 is 10.4 Å². The Morgan fingerprint density at radius 3 is 2.48 bits per heavy atom. The summed E-state index contributed by atoms with van der Waals surface area (Å²) in [6, 6.07) is 4.27. The van der Waals surface area contributed by atoms with E-state index in [0.29, 0.717) is 18.7 Å². The van der Waals surface area contributed by atoms with Gasteiger partial charge in [-0.25, -0.2) is 4.79 Å². The summed E-state index contributed by atoms with van der Waals surface area (Å²) in [6.45, 7) is 3.74. The minimum atomic E-state index is -0.357. The Morgan fingerprint density at radius 2 is 1.85 bits per heavy atom. The molecule has 8 heteroatoms. The van der Waals surface area contributed by atoms with Crippen LogP contribution in [0.2, 0.25) is 0 Å². The van der Waals surface area contributed by atoms with Crippen molar-refractivity contribution in [2.45, 2.75) is 44.6 Å². The minimum absolute atomic E-state index is 0. The Hall–Kier alpha value is -1.86. The molecule has 1 atom stereocenters. The van der Waals surface area contributed by atoms with Crippen LogP contribution in [0.1, 0.15) is 38.5 Å². The van der Waals surface area contributed by atoms with Gasteiger partial charge in [0, 0.05) is 50.3 Å². The van der Waals surface area contributed by atoms with Gasteiger partial charge in [-0.05, 0) is 30.9 Å². The van der Waals surface area contributed by atoms with E-state index in [1.54, 1.807) is 0 Å². The number of rotatable bonds is 7. The van der Waals surface area contributed by atoms with Crippen LogP contribution in [0.25, 0.3) is 0 Å². The molecule has 150 valence electrons. The lowest BCUT2D eigenvalue weighted by Crippen LogP contribution is -2.53. The molecule has 1 saturated carbocycles. The van der Waals surface area contributed by atoms with E-state index >= 15 is 0 Å². The van der Waals surface area contributed by atoms with Crippen LogP contribution in [0, 0.1) is 5.92 Å². The fraction of sp³-hybridized carbons (Fsp3) is 0.632. The van der Waals surface area contributed by atoms with Crippen LogP contribution in [-0.2, 0) is 14.4 Å². The summed E-state index contributed by atoms with van der Waals surface area (Å²) in [6.07, 6.45) is 10.5. The van der Waals surface area contributed by atoms with Gasteiger partial charge in [-0.15, -0.1) is 12.4 Å². The third kappa shape index (κ3) is 6.07. The number of hydrogen-bond donors (Lipinski definition) is 1. The van der Waals surface area contributed by atoms with Gasteiger partial charge in [0.05, 0.1) is 6.42 Å². The molecule has 0 aromatic carbocycles. The van der Waals surface area contributed by atoms with Crippen molar-refractivity contribution in [2.24, 2.45) is 5.92 Å². The smallest absolute Gasteiger partial charge is 0.333 e. The number of nitrogens with one attached hydrogen (secondary N) is 1. The molecule has 0 bridgehead atoms. The van der Waals surface area contributed by atoms with Gasteiger partial charge in [0.15, 0.2) is 0 Å². The van der Waals surface area contributed by atoms with Crippen molar-refractivity contribution >= 4 is 30.5 Å². The highest BCUT2D eigenvalue weighted by molar-refractivity contribution is 5.85. The molecule has 1 saturated heterocycles. The van der Waals surface area contributed by atoms with E-state index in [1.165, 1.54) is 37.8 Å². The predicted octanol–water partition coefficient (Wildman–Crippen LogP) is 2.17. The van der Waals surface area contributed by atoms with E-state index in [0.717, 1.165) is 26.2 Å². The predicted molar refractivity (Wildman–Crippen MR) is 106 cm³/mol. The SMILES string of the molecule is Cl.O=CNOC(=O)CC(C1CCCCC1)N1CCN(c2ccncc2)CC1. The van der Waals surface area contributed by atoms with E-state index < -0.39 is 0 Å². The van der Waals surface area contributed by atoms with Crippen LogP contribution >= 0.6 is 12.4 Å². The van der Waals surface area contributed by atoms with Gasteiger partial charge in [-0.2, -0.15) is 5.48 Å². The molecule has 0 radical (unpaired) electrons. The number of halogens is 1. The quantitative estimate of drug-likeness (QED) is 0.562. The zero-order chi connectivity index (χ0) is 18.2. The number of piperazine rings is 1. The maximum atomic E-state index is 12.1. The van der Waals surface area contributed by atoms with Gasteiger partial charge in [-0.1, -0.05) is 19.3 Å². The number of pyridine rings is 1. The molecule has 2 fully saturated rings. The first-order valence-corrected chi connectivity index (χ1v) is 9.56. The van der Waals surface area contributed by atoms with Crippen molar-refractivity contribution in [2.75, 3.05) is 31.1 Å². The molecule has 27 heavy (non-hydrogen) atoms. The molecule has 0 spiro atoms. The highest BCUT2D eigenvalue weighted by atomic mass is 35.5. The Kier molecular flexibility index (Phi) is 8.81. The number of nitrogens with zero attached hydrogens (tertiary/aromatic N) is 3. The van der Waals surface area contributed by atoms with E-state index in [2.05, 4.69) is 14.8 Å². The zero-order valence-corrected chi connectivity index (χ0v) is 16.4. The average Bonchev–Trinajstić information content (AvgIpc) is 2.72. The average molecular weight is 397 g/mol. The standard InChI is InChI=1S/C19H28N4O3.ClH/c24-15-21-26-19(25)14-18(16-4-2-1-3-5-16)23-12-10-22(11-13-23)17-6-8-20-9-7-17;/h6-9,15-16,18H,1-5,10-14H2,(H,21,24);1H. The molecule has 1 aromatic heterocycles. The molecule has 7 nitrogen and oxygen atoms in total. The second kappa shape index (κ2) is 11.1. The molecule has 2 heterocycles. The van der Waals surface area contributed by atoms with Gasteiger partial charge in [0.25, 0.3) is 0 Å². The van der Waals surface area contributed by atoms with Crippen molar-refractivity contribution in [3.8, 4) is 0 Å². The van der Waals surface area contributed by atoms with Gasteiger partial charge in [-0.3, -0.25) is 14.7 Å². The van der Waals surface area contributed by atoms with Gasteiger partial charge in [0.2, 0.25) is 6.41 Å². The number of hydroxylamine groups is 1. The molecule has 1 amide bonds. The fourth-order valence-electron chi connectivity index (χ4n) is 4.28. The molecule has 1 aromatic rings. The van der Waals surface area contributed by atoms with Gasteiger partial charge in [0.1, 0.15) is 0 Å². The van der Waals surface area contributed by atoms with Crippen molar-refractivity contribution < 1.29 is 14.4 Å². The molecular formula is C19H29ClN4O3. The van der Waals surface area contributed by atoms with E-state index in [4.69, 9.17) is 4.84 Å². The molecule has 1 N–H and O–H groups in total. The lowest BCUT2D eigenvalue weighted by molar-refractivity contribution is -0.156. The highest BCUT2D eigenvalue weighted by Crippen LogP contribution is 2.31. The molecular weight excluding hydrogens is 368 g/mol. The largest absolute Gasteiger partial charge is 0.369 e. The lowest BCUT2D eigenvalue weighted by Gasteiger charge is -2.43. The number of amides is 1. The third-order valence-corrected chi connectivity index (χ3v) is 5.60. The first kappa shape index (κ1) is 21.4. The molecule has 1 aliphatic carbocycles. The summed E-state index contributed by atoms with van der Waals surface area (Å²) < 4.78 is 0. The summed E-state index contributed by atoms with van der Waals surface area (Å²) in [4.78, 5) is 36.1. The normalized spacial score (nSPS) is 19.6. The topological polar surface area (TPSA) is 74.8 Å². The van der Waals surface area contributed by atoms with E-state index in [9.17, 15) is 9.59 Å². The number of carbonyl (C=O) groups excluding carboxylic acids is 2. The minimum Gasteiger partial charge on any atom is -0.369 e. The Labute approximate surface area is 166 Å². The van der Waals surface area contributed by atoms with Gasteiger partial charge < -0.3 is 9.74 Å². The number of anilines is 1. The molecule has 1 unspecified atom stereocenters. The monoisotopic (exact) mass is 396 g/mol. The Balaban J connectivity index is 0.00000261. The first-order valence-electron chi connectivity index (χ1n) is 9.56. The van der Waals surface area contributed by atoms with Crippen molar-refractivity contribution in [1.29, 1.82) is 0 Å². The van der Waals surface area contributed by atoms with E-state index in [1.807, 2.05) is 30.0 Å². The summed E-state index contributed by atoms with van der Waals surface area (Å²) >= 11 is 0. The van der Waals surface area contributed by atoms with Crippen LogP contribution in [0.5, 0.6) is 0 Å². The van der Waals surface area contributed by atoms with Crippen LogP contribution in [-0.4, -0.2) is 54.5 Å². The third-order valence-electron chi connectivity index (χ3n) is 5.60. The van der Waals surface area contributed by atoms with Crippen molar-refractivity contribution in [1.82, 2.24) is 15.4 Å². The zero-order valence-electron chi connectivity index (χ0n) is 15.6. The van der Waals surface area contributed by atoms with Crippen molar-refractivity contribution in [3.05, 3.63) is 24.5 Å². The summed E-state index contributed by atoms with van der Waals surface area (Å²) in [7, 11) is 0. The molecule has 2 aliphatic rings. The van der Waals surface area contributed by atoms with Crippen LogP contribution in [0.15, 0.2) is 24.5 Å². The summed E-state index contributed by atoms with van der Waals surface area (Å²) in [5.41, 5.74) is 3.22. The molecule has 1 aliphatic heterocycles. The lowest BCUT2D eigenvalue weighted by atomic mass is 9.81. The van der Waals surface area contributed by atoms with Crippen LogP contribution in [0.4, 0.5) is 5.69 Å². The number of carbonyl (C=O) groups is 2. The first-order chi connectivity index (χ1) is 12.8. The maximum Gasteiger partial charge on any atom is 0.333 e. The second-order valence-electron chi connectivity index (χ2n) is 7.11. The van der Waals surface area contributed by atoms with Crippen LogP contribution in [0.3, 0.4) is 0 Å². The Morgan fingerprint density at radius 1 is 1.19 bits per heavy atom. The molecule has 3 rings (SSSR count). The number of aromatic nitrogens is 1. The summed E-state index contributed by atoms with van der Waals surface area (Å²) in [5.74, 6) is 0.171. The number of hydrogen-bond acceptors (Lipinski definition) is 6. The Bertz CT molecular complexity index is 576.